The fraction of sp³-hybridized carbons (Fsp3) is 0.280. The van der Waals surface area contributed by atoms with E-state index in [4.69, 9.17) is 4.98 Å². The zero-order valence-electron chi connectivity index (χ0n) is 19.3. The Labute approximate surface area is 200 Å². The molecule has 0 unspecified atom stereocenters. The number of hydrogen-bond acceptors (Lipinski definition) is 7. The van der Waals surface area contributed by atoms with Gasteiger partial charge in [-0.05, 0) is 44.4 Å². The fourth-order valence-electron chi connectivity index (χ4n) is 4.38. The van der Waals surface area contributed by atoms with Crippen molar-refractivity contribution in [3.63, 3.8) is 0 Å². The van der Waals surface area contributed by atoms with Crippen LogP contribution in [-0.2, 0) is 6.54 Å². The van der Waals surface area contributed by atoms with Gasteiger partial charge < -0.3 is 4.90 Å². The zero-order valence-corrected chi connectivity index (χ0v) is 19.3. The lowest BCUT2D eigenvalue weighted by molar-refractivity contribution is 0.0949. The molecule has 1 N–H and O–H groups in total. The Morgan fingerprint density at radius 2 is 1.77 bits per heavy atom. The number of aryl methyl sites for hydroxylation is 1. The van der Waals surface area contributed by atoms with Crippen LogP contribution in [0.3, 0.4) is 0 Å². The van der Waals surface area contributed by atoms with Crippen LogP contribution in [0, 0.1) is 0 Å². The van der Waals surface area contributed by atoms with Gasteiger partial charge in [-0.3, -0.25) is 18.8 Å². The second-order valence-electron chi connectivity index (χ2n) is 8.35. The number of nitrogens with one attached hydrogen (secondary N) is 1. The molecule has 0 spiro atoms. The van der Waals surface area contributed by atoms with Crippen molar-refractivity contribution >= 4 is 34.4 Å². The number of pyridine rings is 1. The lowest BCUT2D eigenvalue weighted by Crippen LogP contribution is -2.34. The van der Waals surface area contributed by atoms with Crippen LogP contribution in [0.15, 0.2) is 63.4 Å². The number of carbonyl (C=O) groups is 1. The molecule has 1 aliphatic heterocycles. The largest absolute Gasteiger partial charge is 0.356 e. The van der Waals surface area contributed by atoms with E-state index in [1.54, 1.807) is 49.5 Å². The molecular weight excluding hydrogens is 446 g/mol. The van der Waals surface area contributed by atoms with Gasteiger partial charge in [0.25, 0.3) is 17.0 Å². The van der Waals surface area contributed by atoms with Crippen LogP contribution in [0.4, 0.5) is 5.82 Å². The summed E-state index contributed by atoms with van der Waals surface area (Å²) in [7, 11) is 0. The molecule has 178 valence electrons. The van der Waals surface area contributed by atoms with Gasteiger partial charge in [0.1, 0.15) is 17.0 Å². The van der Waals surface area contributed by atoms with E-state index >= 15 is 0 Å². The van der Waals surface area contributed by atoms with E-state index in [1.807, 2.05) is 6.07 Å². The molecular formula is C25H25N7O3. The molecule has 1 fully saturated rings. The first-order valence-electron chi connectivity index (χ1n) is 11.7. The third kappa shape index (κ3) is 4.18. The normalized spacial score (nSPS) is 14.1. The molecule has 1 aromatic carbocycles. The number of hydrogen-bond donors (Lipinski definition) is 1. The first-order chi connectivity index (χ1) is 17.1. The molecule has 0 saturated carbocycles. The molecule has 1 saturated heterocycles. The molecule has 4 aromatic rings. The Morgan fingerprint density at radius 3 is 2.54 bits per heavy atom. The van der Waals surface area contributed by atoms with Crippen molar-refractivity contribution in [3.05, 3.63) is 80.6 Å². The van der Waals surface area contributed by atoms with Crippen molar-refractivity contribution in [2.24, 2.45) is 5.10 Å². The number of nitrogens with zero attached hydrogens (tertiary/aromatic N) is 6. The molecule has 0 radical (unpaired) electrons. The summed E-state index contributed by atoms with van der Waals surface area (Å²) in [6.45, 7) is 3.71. The summed E-state index contributed by atoms with van der Waals surface area (Å²) in [4.78, 5) is 45.6. The van der Waals surface area contributed by atoms with E-state index < -0.39 is 5.91 Å². The maximum Gasteiger partial charge on any atom is 0.292 e. The number of benzene rings is 1. The van der Waals surface area contributed by atoms with Crippen molar-refractivity contribution in [1.29, 1.82) is 0 Å². The number of piperidine rings is 1. The van der Waals surface area contributed by atoms with Gasteiger partial charge in [0, 0.05) is 31.2 Å². The van der Waals surface area contributed by atoms with E-state index in [2.05, 4.69) is 20.5 Å². The maximum absolute atomic E-state index is 13.3. The van der Waals surface area contributed by atoms with Gasteiger partial charge in [-0.1, -0.05) is 24.3 Å². The summed E-state index contributed by atoms with van der Waals surface area (Å²) in [5, 5.41) is 9.17. The molecule has 0 bridgehead atoms. The average molecular weight is 472 g/mol. The average Bonchev–Trinajstić information content (AvgIpc) is 2.90. The van der Waals surface area contributed by atoms with Crippen molar-refractivity contribution in [2.75, 3.05) is 18.0 Å². The predicted molar refractivity (Wildman–Crippen MR) is 134 cm³/mol. The molecule has 1 aliphatic rings. The molecule has 5 rings (SSSR count). The Morgan fingerprint density at radius 1 is 1.03 bits per heavy atom. The van der Waals surface area contributed by atoms with Crippen LogP contribution in [0.25, 0.3) is 16.4 Å². The van der Waals surface area contributed by atoms with Crippen molar-refractivity contribution in [3.8, 4) is 0 Å². The van der Waals surface area contributed by atoms with Crippen molar-refractivity contribution in [2.45, 2.75) is 32.7 Å². The highest BCUT2D eigenvalue weighted by molar-refractivity contribution is 6.05. The number of carbonyl (C=O) groups excluding carboxylic acids is 1. The SMILES string of the molecule is CCn1nc(C(=O)N/N=C/c2c(N3CCCCC3)nc3ccccn3c2=O)c2ccccc2c1=O. The first-order valence-corrected chi connectivity index (χ1v) is 11.7. The molecule has 1 amide bonds. The van der Waals surface area contributed by atoms with E-state index in [-0.39, 0.29) is 16.8 Å². The molecule has 35 heavy (non-hydrogen) atoms. The Bertz CT molecular complexity index is 1570. The van der Waals surface area contributed by atoms with Crippen LogP contribution in [-0.4, -0.2) is 44.4 Å². The number of hydrazone groups is 1. The minimum absolute atomic E-state index is 0.0869. The summed E-state index contributed by atoms with van der Waals surface area (Å²) in [5.74, 6) is -0.0185. The molecule has 10 heteroatoms. The van der Waals surface area contributed by atoms with Gasteiger partial charge in [-0.15, -0.1) is 0 Å². The predicted octanol–water partition coefficient (Wildman–Crippen LogP) is 2.18. The molecule has 3 aromatic heterocycles. The minimum Gasteiger partial charge on any atom is -0.356 e. The summed E-state index contributed by atoms with van der Waals surface area (Å²) in [5.41, 5.74) is 2.89. The fourth-order valence-corrected chi connectivity index (χ4v) is 4.38. The third-order valence-electron chi connectivity index (χ3n) is 6.15. The lowest BCUT2D eigenvalue weighted by Gasteiger charge is -2.28. The van der Waals surface area contributed by atoms with E-state index in [0.717, 1.165) is 32.4 Å². The lowest BCUT2D eigenvalue weighted by atomic mass is 10.1. The topological polar surface area (TPSA) is 114 Å². The summed E-state index contributed by atoms with van der Waals surface area (Å²) < 4.78 is 2.71. The van der Waals surface area contributed by atoms with Crippen LogP contribution < -0.4 is 21.4 Å². The van der Waals surface area contributed by atoms with Gasteiger partial charge in [-0.25, -0.2) is 15.1 Å². The molecule has 0 atom stereocenters. The zero-order chi connectivity index (χ0) is 24.4. The van der Waals surface area contributed by atoms with Crippen LogP contribution in [0.2, 0.25) is 0 Å². The maximum atomic E-state index is 13.3. The third-order valence-corrected chi connectivity index (χ3v) is 6.15. The number of aromatic nitrogens is 4. The van der Waals surface area contributed by atoms with Gasteiger partial charge >= 0.3 is 0 Å². The number of amides is 1. The Kier molecular flexibility index (Phi) is 6.09. The number of anilines is 1. The van der Waals surface area contributed by atoms with E-state index in [0.29, 0.717) is 34.3 Å². The highest BCUT2D eigenvalue weighted by Crippen LogP contribution is 2.20. The highest BCUT2D eigenvalue weighted by Gasteiger charge is 2.20. The molecule has 4 heterocycles. The summed E-state index contributed by atoms with van der Waals surface area (Å²) >= 11 is 0. The minimum atomic E-state index is -0.576. The van der Waals surface area contributed by atoms with Crippen molar-refractivity contribution < 1.29 is 4.79 Å². The van der Waals surface area contributed by atoms with E-state index in [1.165, 1.54) is 15.3 Å². The van der Waals surface area contributed by atoms with Crippen LogP contribution in [0.5, 0.6) is 0 Å². The van der Waals surface area contributed by atoms with Gasteiger partial charge in [0.2, 0.25) is 0 Å². The van der Waals surface area contributed by atoms with Gasteiger partial charge in [0.05, 0.1) is 11.6 Å². The second kappa shape index (κ2) is 9.49. The Balaban J connectivity index is 1.52. The number of fused-ring (bicyclic) bond motifs is 2. The molecule has 0 aliphatic carbocycles. The second-order valence-corrected chi connectivity index (χ2v) is 8.35. The molecule has 10 nitrogen and oxygen atoms in total. The van der Waals surface area contributed by atoms with Gasteiger partial charge in [-0.2, -0.15) is 10.2 Å². The quantitative estimate of drug-likeness (QED) is 0.353. The van der Waals surface area contributed by atoms with Crippen molar-refractivity contribution in [1.82, 2.24) is 24.6 Å². The summed E-state index contributed by atoms with van der Waals surface area (Å²) in [6, 6.07) is 12.2. The smallest absolute Gasteiger partial charge is 0.292 e. The first kappa shape index (κ1) is 22.5. The Hall–Kier alpha value is -4.34. The number of rotatable bonds is 5. The van der Waals surface area contributed by atoms with Crippen LogP contribution in [0.1, 0.15) is 42.2 Å². The van der Waals surface area contributed by atoms with Crippen LogP contribution >= 0.6 is 0 Å². The van der Waals surface area contributed by atoms with E-state index in [9.17, 15) is 14.4 Å². The standard InChI is InChI=1S/C25H25N7O3/c1-2-32-25(35)18-11-5-4-10-17(18)21(29-32)23(33)28-26-16-19-22(30-13-7-3-8-14-30)27-20-12-6-9-15-31(20)24(19)34/h4-6,9-12,15-16H,2-3,7-8,13-14H2,1H3,(H,28,33)/b26-16+. The van der Waals surface area contributed by atoms with Gasteiger partial charge in [0.15, 0.2) is 5.69 Å². The summed E-state index contributed by atoms with van der Waals surface area (Å²) in [6.07, 6.45) is 6.19. The highest BCUT2D eigenvalue weighted by atomic mass is 16.2. The monoisotopic (exact) mass is 471 g/mol.